The van der Waals surface area contributed by atoms with Gasteiger partial charge in [0.25, 0.3) is 0 Å². The predicted molar refractivity (Wildman–Crippen MR) is 79.7 cm³/mol. The van der Waals surface area contributed by atoms with Gasteiger partial charge in [0.2, 0.25) is 0 Å². The lowest BCUT2D eigenvalue weighted by Gasteiger charge is -2.35. The van der Waals surface area contributed by atoms with Crippen molar-refractivity contribution < 1.29 is 13.2 Å². The maximum atomic E-state index is 12.8. The van der Waals surface area contributed by atoms with Crippen molar-refractivity contribution in [3.8, 4) is 0 Å². The molecule has 0 aliphatic carbocycles. The summed E-state index contributed by atoms with van der Waals surface area (Å²) >= 11 is 0. The van der Waals surface area contributed by atoms with Gasteiger partial charge in [-0.15, -0.1) is 0 Å². The highest BCUT2D eigenvalue weighted by Crippen LogP contribution is 2.34. The molecule has 1 aromatic rings. The topological polar surface area (TPSA) is 15.3 Å². The van der Waals surface area contributed by atoms with Crippen LogP contribution in [-0.4, -0.2) is 25.7 Å². The first-order valence-corrected chi connectivity index (χ1v) is 7.58. The number of nitrogens with one attached hydrogen (secondary N) is 1. The number of benzene rings is 1. The summed E-state index contributed by atoms with van der Waals surface area (Å²) in [6, 6.07) is 4.51. The summed E-state index contributed by atoms with van der Waals surface area (Å²) in [6.07, 6.45) is -1.21. The van der Waals surface area contributed by atoms with E-state index in [-0.39, 0.29) is 0 Å². The molecule has 0 atom stereocenters. The van der Waals surface area contributed by atoms with Crippen LogP contribution in [0, 0.1) is 6.92 Å². The van der Waals surface area contributed by atoms with Crippen LogP contribution < -0.4 is 10.2 Å². The third-order valence-electron chi connectivity index (χ3n) is 4.06. The van der Waals surface area contributed by atoms with Gasteiger partial charge in [0.05, 0.1) is 5.56 Å². The minimum absolute atomic E-state index is 0.493. The van der Waals surface area contributed by atoms with Gasteiger partial charge in [-0.2, -0.15) is 13.2 Å². The van der Waals surface area contributed by atoms with Crippen LogP contribution in [0.3, 0.4) is 0 Å². The molecule has 1 saturated heterocycles. The van der Waals surface area contributed by atoms with Gasteiger partial charge in [-0.1, -0.05) is 13.0 Å². The Kier molecular flexibility index (Phi) is 5.14. The zero-order valence-corrected chi connectivity index (χ0v) is 12.6. The molecule has 21 heavy (non-hydrogen) atoms. The van der Waals surface area contributed by atoms with E-state index in [0.717, 1.165) is 56.2 Å². The van der Waals surface area contributed by atoms with Crippen LogP contribution in [0.15, 0.2) is 18.2 Å². The molecule has 5 heteroatoms. The van der Waals surface area contributed by atoms with Crippen molar-refractivity contribution in [2.24, 2.45) is 0 Å². The fourth-order valence-electron chi connectivity index (χ4n) is 2.80. The van der Waals surface area contributed by atoms with Crippen molar-refractivity contribution in [1.82, 2.24) is 5.32 Å². The number of alkyl halides is 3. The fourth-order valence-corrected chi connectivity index (χ4v) is 2.80. The summed E-state index contributed by atoms with van der Waals surface area (Å²) in [5.74, 6) is 0. The molecule has 2 rings (SSSR count). The smallest absolute Gasteiger partial charge is 0.371 e. The summed E-state index contributed by atoms with van der Waals surface area (Å²) in [7, 11) is 0. The molecule has 0 radical (unpaired) electrons. The van der Waals surface area contributed by atoms with Gasteiger partial charge in [-0.25, -0.2) is 0 Å². The van der Waals surface area contributed by atoms with Crippen LogP contribution in [0.25, 0.3) is 0 Å². The minimum Gasteiger partial charge on any atom is -0.371 e. The number of anilines is 1. The van der Waals surface area contributed by atoms with E-state index >= 15 is 0 Å². The van der Waals surface area contributed by atoms with E-state index in [9.17, 15) is 13.2 Å². The SMILES string of the molecule is CCCNC1CCN(c2cc(C(F)(F)F)ccc2C)CC1. The van der Waals surface area contributed by atoms with Crippen LogP contribution in [-0.2, 0) is 6.18 Å². The Morgan fingerprint density at radius 3 is 2.48 bits per heavy atom. The maximum absolute atomic E-state index is 12.8. The van der Waals surface area contributed by atoms with Gasteiger partial charge < -0.3 is 10.2 Å². The number of piperidine rings is 1. The third kappa shape index (κ3) is 4.13. The first-order chi connectivity index (χ1) is 9.91. The van der Waals surface area contributed by atoms with E-state index in [1.54, 1.807) is 6.07 Å². The van der Waals surface area contributed by atoms with E-state index < -0.39 is 11.7 Å². The Bertz CT molecular complexity index is 463. The van der Waals surface area contributed by atoms with E-state index in [0.29, 0.717) is 6.04 Å². The highest BCUT2D eigenvalue weighted by molar-refractivity contribution is 5.55. The van der Waals surface area contributed by atoms with Gasteiger partial charge in [-0.3, -0.25) is 0 Å². The second-order valence-electron chi connectivity index (χ2n) is 5.71. The first kappa shape index (κ1) is 16.1. The number of hydrogen-bond donors (Lipinski definition) is 1. The highest BCUT2D eigenvalue weighted by Gasteiger charge is 2.31. The molecule has 2 nitrogen and oxygen atoms in total. The monoisotopic (exact) mass is 300 g/mol. The van der Waals surface area contributed by atoms with Crippen molar-refractivity contribution in [3.05, 3.63) is 29.3 Å². The van der Waals surface area contributed by atoms with Crippen molar-refractivity contribution in [1.29, 1.82) is 0 Å². The number of aryl methyl sites for hydroxylation is 1. The summed E-state index contributed by atoms with van der Waals surface area (Å²) in [5, 5.41) is 3.49. The Labute approximate surface area is 124 Å². The Morgan fingerprint density at radius 2 is 1.90 bits per heavy atom. The lowest BCUT2D eigenvalue weighted by atomic mass is 10.0. The molecule has 1 aliphatic heterocycles. The quantitative estimate of drug-likeness (QED) is 0.904. The number of nitrogens with zero attached hydrogens (tertiary/aromatic N) is 1. The van der Waals surface area contributed by atoms with Gasteiger partial charge in [0.1, 0.15) is 0 Å². The van der Waals surface area contributed by atoms with Crippen LogP contribution in [0.5, 0.6) is 0 Å². The second kappa shape index (κ2) is 6.69. The van der Waals surface area contributed by atoms with E-state index in [2.05, 4.69) is 17.1 Å². The largest absolute Gasteiger partial charge is 0.416 e. The lowest BCUT2D eigenvalue weighted by molar-refractivity contribution is -0.137. The molecule has 1 heterocycles. The predicted octanol–water partition coefficient (Wildman–Crippen LogP) is 3.98. The van der Waals surface area contributed by atoms with E-state index in [1.807, 2.05) is 6.92 Å². The van der Waals surface area contributed by atoms with Gasteiger partial charge in [0, 0.05) is 24.8 Å². The zero-order valence-electron chi connectivity index (χ0n) is 12.6. The molecule has 1 aliphatic rings. The molecular formula is C16H23F3N2. The van der Waals surface area contributed by atoms with Crippen molar-refractivity contribution >= 4 is 5.69 Å². The van der Waals surface area contributed by atoms with Crippen molar-refractivity contribution in [2.75, 3.05) is 24.5 Å². The number of halogens is 3. The molecule has 0 spiro atoms. The standard InChI is InChI=1S/C16H23F3N2/c1-3-8-20-14-6-9-21(10-7-14)15-11-13(16(17,18)19)5-4-12(15)2/h4-5,11,14,20H,3,6-10H2,1-2H3. The molecule has 1 aromatic carbocycles. The molecule has 0 bridgehead atoms. The molecular weight excluding hydrogens is 277 g/mol. The van der Waals surface area contributed by atoms with Crippen LogP contribution >= 0.6 is 0 Å². The molecule has 0 amide bonds. The van der Waals surface area contributed by atoms with Gasteiger partial charge in [-0.05, 0) is 50.4 Å². The average molecular weight is 300 g/mol. The highest BCUT2D eigenvalue weighted by atomic mass is 19.4. The summed E-state index contributed by atoms with van der Waals surface area (Å²) in [5.41, 5.74) is 1.07. The van der Waals surface area contributed by atoms with Crippen LogP contribution in [0.1, 0.15) is 37.3 Å². The van der Waals surface area contributed by atoms with Gasteiger partial charge >= 0.3 is 6.18 Å². The summed E-state index contributed by atoms with van der Waals surface area (Å²) in [4.78, 5) is 2.08. The maximum Gasteiger partial charge on any atom is 0.416 e. The van der Waals surface area contributed by atoms with E-state index in [1.165, 1.54) is 6.07 Å². The minimum atomic E-state index is -4.27. The number of rotatable bonds is 4. The van der Waals surface area contributed by atoms with Crippen molar-refractivity contribution in [2.45, 2.75) is 45.3 Å². The second-order valence-corrected chi connectivity index (χ2v) is 5.71. The van der Waals surface area contributed by atoms with Crippen molar-refractivity contribution in [3.63, 3.8) is 0 Å². The average Bonchev–Trinajstić information content (AvgIpc) is 2.45. The lowest BCUT2D eigenvalue weighted by Crippen LogP contribution is -2.43. The van der Waals surface area contributed by atoms with Crippen LogP contribution in [0.2, 0.25) is 0 Å². The molecule has 1 N–H and O–H groups in total. The Balaban J connectivity index is 2.06. The van der Waals surface area contributed by atoms with E-state index in [4.69, 9.17) is 0 Å². The summed E-state index contributed by atoms with van der Waals surface area (Å²) in [6.45, 7) is 6.63. The molecule has 0 unspecified atom stereocenters. The third-order valence-corrected chi connectivity index (χ3v) is 4.06. The molecule has 0 saturated carbocycles. The number of hydrogen-bond acceptors (Lipinski definition) is 2. The van der Waals surface area contributed by atoms with Crippen LogP contribution in [0.4, 0.5) is 18.9 Å². The fraction of sp³-hybridized carbons (Fsp3) is 0.625. The Morgan fingerprint density at radius 1 is 1.24 bits per heavy atom. The molecule has 1 fully saturated rings. The summed E-state index contributed by atoms with van der Waals surface area (Å²) < 4.78 is 38.5. The normalized spacial score (nSPS) is 17.3. The molecule has 0 aromatic heterocycles. The Hall–Kier alpha value is -1.23. The molecule has 118 valence electrons. The van der Waals surface area contributed by atoms with Gasteiger partial charge in [0.15, 0.2) is 0 Å². The first-order valence-electron chi connectivity index (χ1n) is 7.58. The zero-order chi connectivity index (χ0) is 15.5.